The summed E-state index contributed by atoms with van der Waals surface area (Å²) in [5.41, 5.74) is 0. The Morgan fingerprint density at radius 3 is 1.31 bits per heavy atom. The van der Waals surface area contributed by atoms with Gasteiger partial charge in [-0.3, -0.25) is 18.6 Å². The minimum atomic E-state index is -4.76. The number of carboxylic acid groups (broad SMARTS) is 1. The van der Waals surface area contributed by atoms with E-state index in [1.165, 1.54) is 122 Å². The van der Waals surface area contributed by atoms with Gasteiger partial charge in [0.05, 0.1) is 13.2 Å². The number of hydrogen-bond donors (Lipinski definition) is 4. The van der Waals surface area contributed by atoms with Crippen LogP contribution in [0.2, 0.25) is 0 Å². The number of carboxylic acids is 1. The van der Waals surface area contributed by atoms with E-state index in [2.05, 4.69) is 43.5 Å². The van der Waals surface area contributed by atoms with Gasteiger partial charge in [0.25, 0.3) is 0 Å². The summed E-state index contributed by atoms with van der Waals surface area (Å²) < 4.78 is 26.9. The van der Waals surface area contributed by atoms with E-state index < -0.39 is 57.6 Å². The van der Waals surface area contributed by atoms with Crippen LogP contribution in [0.4, 0.5) is 0 Å². The molecule has 0 aromatic rings. The molecule has 0 aliphatic heterocycles. The number of carbonyl (C=O) groups is 3. The summed E-state index contributed by atoms with van der Waals surface area (Å²) in [6.45, 7) is 2.59. The zero-order valence-electron chi connectivity index (χ0n) is 36.9. The van der Waals surface area contributed by atoms with Crippen LogP contribution in [0, 0.1) is 0 Å². The Labute approximate surface area is 353 Å². The molecule has 3 unspecified atom stereocenters. The Balaban J connectivity index is 3.86. The SMILES string of the molecule is CCCCCCCC/C=C\CCCCCCCC(=O)NC(COP(=O)(O)OCC(O)COC(=O)CCCCCCCCCCC/C=C/CCCCCCCC)C(=O)O. The highest BCUT2D eigenvalue weighted by Crippen LogP contribution is 2.43. The maximum Gasteiger partial charge on any atom is 0.472 e. The van der Waals surface area contributed by atoms with Crippen molar-refractivity contribution in [1.29, 1.82) is 0 Å². The summed E-state index contributed by atoms with van der Waals surface area (Å²) in [4.78, 5) is 46.0. The first kappa shape index (κ1) is 56.0. The van der Waals surface area contributed by atoms with Crippen LogP contribution in [0.1, 0.15) is 219 Å². The van der Waals surface area contributed by atoms with Gasteiger partial charge in [-0.15, -0.1) is 0 Å². The van der Waals surface area contributed by atoms with Crippen LogP contribution in [-0.2, 0) is 32.7 Å². The molecule has 58 heavy (non-hydrogen) atoms. The van der Waals surface area contributed by atoms with Crippen molar-refractivity contribution in [2.45, 2.75) is 231 Å². The lowest BCUT2D eigenvalue weighted by Crippen LogP contribution is -2.43. The third kappa shape index (κ3) is 40.7. The number of aliphatic carboxylic acids is 1. The second kappa shape index (κ2) is 41.7. The van der Waals surface area contributed by atoms with Crippen LogP contribution in [0.15, 0.2) is 24.3 Å². The van der Waals surface area contributed by atoms with Crippen molar-refractivity contribution in [2.24, 2.45) is 0 Å². The lowest BCUT2D eigenvalue weighted by Gasteiger charge is -2.18. The first-order chi connectivity index (χ1) is 28.1. The van der Waals surface area contributed by atoms with E-state index in [1.807, 2.05) is 0 Å². The quantitative estimate of drug-likeness (QED) is 0.0200. The maximum atomic E-state index is 12.3. The predicted molar refractivity (Wildman–Crippen MR) is 236 cm³/mol. The summed E-state index contributed by atoms with van der Waals surface area (Å²) in [6.07, 6.45) is 43.4. The minimum absolute atomic E-state index is 0.137. The number of nitrogens with one attached hydrogen (secondary N) is 1. The number of esters is 1. The molecule has 0 rings (SSSR count). The van der Waals surface area contributed by atoms with Gasteiger partial charge < -0.3 is 25.2 Å². The maximum absolute atomic E-state index is 12.3. The molecule has 0 heterocycles. The Bertz CT molecular complexity index is 1080. The van der Waals surface area contributed by atoms with Crippen molar-refractivity contribution < 1.29 is 47.8 Å². The molecule has 0 aliphatic rings. The van der Waals surface area contributed by atoms with Crippen molar-refractivity contribution in [3.63, 3.8) is 0 Å². The van der Waals surface area contributed by atoms with Crippen LogP contribution in [0.3, 0.4) is 0 Å². The fraction of sp³-hybridized carbons (Fsp3) is 0.848. The average molecular weight is 844 g/mol. The van der Waals surface area contributed by atoms with Crippen LogP contribution in [0.5, 0.6) is 0 Å². The van der Waals surface area contributed by atoms with Gasteiger partial charge in [-0.05, 0) is 64.2 Å². The number of unbranched alkanes of at least 4 members (excludes halogenated alkanes) is 26. The number of phosphoric ester groups is 1. The second-order valence-electron chi connectivity index (χ2n) is 15.9. The molecule has 11 nitrogen and oxygen atoms in total. The van der Waals surface area contributed by atoms with E-state index in [-0.39, 0.29) is 12.8 Å². The van der Waals surface area contributed by atoms with Gasteiger partial charge >= 0.3 is 19.8 Å². The largest absolute Gasteiger partial charge is 0.480 e. The number of ether oxygens (including phenoxy) is 1. The van der Waals surface area contributed by atoms with Gasteiger partial charge in [-0.2, -0.15) is 0 Å². The summed E-state index contributed by atoms with van der Waals surface area (Å²) in [7, 11) is -4.76. The molecule has 1 amide bonds. The van der Waals surface area contributed by atoms with Crippen molar-refractivity contribution in [2.75, 3.05) is 19.8 Å². The van der Waals surface area contributed by atoms with Crippen LogP contribution >= 0.6 is 7.82 Å². The molecule has 3 atom stereocenters. The van der Waals surface area contributed by atoms with Gasteiger partial charge in [-0.1, -0.05) is 167 Å². The van der Waals surface area contributed by atoms with Gasteiger partial charge in [0.2, 0.25) is 5.91 Å². The highest BCUT2D eigenvalue weighted by molar-refractivity contribution is 7.47. The Hall–Kier alpha value is -2.04. The monoisotopic (exact) mass is 844 g/mol. The molecule has 0 fully saturated rings. The molecule has 0 aromatic carbocycles. The summed E-state index contributed by atoms with van der Waals surface area (Å²) >= 11 is 0. The van der Waals surface area contributed by atoms with E-state index in [0.29, 0.717) is 12.8 Å². The van der Waals surface area contributed by atoms with Crippen molar-refractivity contribution in [1.82, 2.24) is 5.32 Å². The van der Waals surface area contributed by atoms with Crippen LogP contribution < -0.4 is 5.32 Å². The topological polar surface area (TPSA) is 169 Å². The van der Waals surface area contributed by atoms with Crippen molar-refractivity contribution >= 4 is 25.7 Å². The first-order valence-electron chi connectivity index (χ1n) is 23.4. The molecular formula is C46H86NO10P. The fourth-order valence-electron chi connectivity index (χ4n) is 6.54. The molecule has 0 aliphatic carbocycles. The average Bonchev–Trinajstić information content (AvgIpc) is 3.20. The van der Waals surface area contributed by atoms with Crippen molar-refractivity contribution in [3.8, 4) is 0 Å². The van der Waals surface area contributed by atoms with E-state index in [9.17, 15) is 34.1 Å². The molecule has 340 valence electrons. The van der Waals surface area contributed by atoms with Gasteiger partial charge in [0.1, 0.15) is 12.7 Å². The lowest BCUT2D eigenvalue weighted by atomic mass is 10.1. The van der Waals surface area contributed by atoms with Gasteiger partial charge in [0, 0.05) is 12.8 Å². The molecule has 0 bridgehead atoms. The van der Waals surface area contributed by atoms with E-state index in [4.69, 9.17) is 13.8 Å². The Morgan fingerprint density at radius 2 is 0.897 bits per heavy atom. The normalized spacial score (nSPS) is 13.9. The number of aliphatic hydroxyl groups is 1. The molecule has 0 radical (unpaired) electrons. The highest BCUT2D eigenvalue weighted by Gasteiger charge is 2.28. The van der Waals surface area contributed by atoms with E-state index in [1.54, 1.807) is 0 Å². The number of hydrogen-bond acceptors (Lipinski definition) is 8. The molecule has 0 aromatic heterocycles. The minimum Gasteiger partial charge on any atom is -0.480 e. The van der Waals surface area contributed by atoms with Crippen molar-refractivity contribution in [3.05, 3.63) is 24.3 Å². The third-order valence-corrected chi connectivity index (χ3v) is 11.2. The standard InChI is InChI=1S/C46H86NO10P/c1-3-5-7-9-11-13-15-17-19-20-21-22-24-26-28-30-32-34-36-38-45(50)55-39-42(48)40-56-58(53,54)57-41-43(46(51)52)47-44(49)37-35-33-31-29-27-25-23-18-16-14-12-10-8-6-4-2/h17-19,23,42-43,48H,3-16,20-22,24-41H2,1-2H3,(H,47,49)(H,51,52)(H,53,54)/b19-17+,23-18-. The van der Waals surface area contributed by atoms with Crippen LogP contribution in [-0.4, -0.2) is 64.9 Å². The number of rotatable bonds is 44. The number of carbonyl (C=O) groups excluding carboxylic acids is 2. The second-order valence-corrected chi connectivity index (χ2v) is 17.4. The first-order valence-corrected chi connectivity index (χ1v) is 24.9. The molecule has 0 saturated carbocycles. The Kier molecular flexibility index (Phi) is 40.2. The number of phosphoric acid groups is 1. The lowest BCUT2D eigenvalue weighted by molar-refractivity contribution is -0.147. The molecule has 0 saturated heterocycles. The number of aliphatic hydroxyl groups excluding tert-OH is 1. The van der Waals surface area contributed by atoms with Gasteiger partial charge in [-0.25, -0.2) is 9.36 Å². The third-order valence-electron chi connectivity index (χ3n) is 10.2. The fourth-order valence-corrected chi connectivity index (χ4v) is 7.31. The molecule has 4 N–H and O–H groups in total. The summed E-state index contributed by atoms with van der Waals surface area (Å²) in [6, 6.07) is -1.55. The van der Waals surface area contributed by atoms with E-state index >= 15 is 0 Å². The zero-order valence-corrected chi connectivity index (χ0v) is 37.8. The predicted octanol–water partition coefficient (Wildman–Crippen LogP) is 12.2. The summed E-state index contributed by atoms with van der Waals surface area (Å²) in [5, 5.41) is 21.8. The van der Waals surface area contributed by atoms with Gasteiger partial charge in [0.15, 0.2) is 6.04 Å². The summed E-state index contributed by atoms with van der Waals surface area (Å²) in [5.74, 6) is -2.38. The molecule has 0 spiro atoms. The highest BCUT2D eigenvalue weighted by atomic mass is 31.2. The van der Waals surface area contributed by atoms with Crippen LogP contribution in [0.25, 0.3) is 0 Å². The number of amides is 1. The molecular weight excluding hydrogens is 757 g/mol. The van der Waals surface area contributed by atoms with E-state index in [0.717, 1.165) is 57.8 Å². The smallest absolute Gasteiger partial charge is 0.472 e. The zero-order chi connectivity index (χ0) is 42.8. The number of allylic oxidation sites excluding steroid dienone is 4. The molecule has 12 heteroatoms. The Morgan fingerprint density at radius 1 is 0.534 bits per heavy atom.